The van der Waals surface area contributed by atoms with Crippen molar-refractivity contribution >= 4 is 35.6 Å². The molecular weight excluding hydrogens is 272 g/mol. The molecule has 4 amide bonds. The minimum absolute atomic E-state index is 0.0107. The molecule has 9 heteroatoms. The first-order chi connectivity index (χ1) is 8.95. The molecule has 0 saturated carbocycles. The zero-order valence-electron chi connectivity index (χ0n) is 10.7. The van der Waals surface area contributed by atoms with E-state index in [1.807, 2.05) is 6.92 Å². The molecule has 0 aliphatic carbocycles. The van der Waals surface area contributed by atoms with E-state index in [2.05, 4.69) is 16.2 Å². The molecule has 1 heterocycles. The second-order valence-electron chi connectivity index (χ2n) is 3.89. The van der Waals surface area contributed by atoms with Crippen LogP contribution in [0.2, 0.25) is 0 Å². The Hall–Kier alpha value is -1.61. The molecule has 0 spiro atoms. The topological polar surface area (TPSA) is 108 Å². The smallest absolute Gasteiger partial charge is 0.295 e. The first kappa shape index (κ1) is 15.4. The van der Waals surface area contributed by atoms with Gasteiger partial charge in [0.05, 0.1) is 0 Å². The van der Waals surface area contributed by atoms with Gasteiger partial charge in [0.2, 0.25) is 11.8 Å². The molecule has 19 heavy (non-hydrogen) atoms. The molecule has 1 aliphatic rings. The summed E-state index contributed by atoms with van der Waals surface area (Å²) in [6.07, 6.45) is 0.820. The summed E-state index contributed by atoms with van der Waals surface area (Å²) < 4.78 is 1.05. The molecule has 0 aromatic heterocycles. The van der Waals surface area contributed by atoms with Crippen molar-refractivity contribution in [1.82, 2.24) is 20.5 Å². The van der Waals surface area contributed by atoms with Crippen molar-refractivity contribution in [2.45, 2.75) is 25.0 Å². The molecule has 1 unspecified atom stereocenters. The molecule has 1 rings (SSSR count). The van der Waals surface area contributed by atoms with Gasteiger partial charge in [-0.25, -0.2) is 5.43 Å². The highest BCUT2D eigenvalue weighted by molar-refractivity contribution is 7.99. The molecule has 8 nitrogen and oxygen atoms in total. The standard InChI is InChI=1S/C10H16N4O4S/c1-3-4-11-13-9(17)10(18)14(2)19-6-5-7(15)12-8(6)16/h6,11H,3-5H2,1-2H3,(H,13,17)(H,12,15,16). The number of imide groups is 1. The monoisotopic (exact) mass is 288 g/mol. The molecule has 0 aromatic rings. The molecule has 1 atom stereocenters. The Kier molecular flexibility index (Phi) is 5.77. The fraction of sp³-hybridized carbons (Fsp3) is 0.600. The van der Waals surface area contributed by atoms with Gasteiger partial charge < -0.3 is 0 Å². The van der Waals surface area contributed by atoms with Gasteiger partial charge in [0.15, 0.2) is 0 Å². The Morgan fingerprint density at radius 1 is 1.47 bits per heavy atom. The maximum Gasteiger partial charge on any atom is 0.324 e. The van der Waals surface area contributed by atoms with Crippen LogP contribution in [0, 0.1) is 0 Å². The van der Waals surface area contributed by atoms with E-state index >= 15 is 0 Å². The maximum absolute atomic E-state index is 11.6. The number of hydrogen-bond donors (Lipinski definition) is 3. The Bertz CT molecular complexity index is 401. The summed E-state index contributed by atoms with van der Waals surface area (Å²) in [5, 5.41) is 1.46. The third-order valence-electron chi connectivity index (χ3n) is 2.27. The Morgan fingerprint density at radius 3 is 2.68 bits per heavy atom. The number of nitrogens with one attached hydrogen (secondary N) is 3. The second-order valence-corrected chi connectivity index (χ2v) is 5.22. The van der Waals surface area contributed by atoms with Crippen LogP contribution >= 0.6 is 11.9 Å². The van der Waals surface area contributed by atoms with Crippen LogP contribution in [0.15, 0.2) is 0 Å². The predicted molar refractivity (Wildman–Crippen MR) is 68.4 cm³/mol. The molecule has 0 radical (unpaired) electrons. The van der Waals surface area contributed by atoms with Gasteiger partial charge >= 0.3 is 11.8 Å². The van der Waals surface area contributed by atoms with E-state index in [9.17, 15) is 19.2 Å². The fourth-order valence-corrected chi connectivity index (χ4v) is 2.26. The molecular formula is C10H16N4O4S. The number of amides is 4. The summed E-state index contributed by atoms with van der Waals surface area (Å²) in [6, 6.07) is 0. The van der Waals surface area contributed by atoms with E-state index < -0.39 is 23.0 Å². The zero-order chi connectivity index (χ0) is 14.4. The third-order valence-corrected chi connectivity index (χ3v) is 3.39. The largest absolute Gasteiger partial charge is 0.324 e. The minimum Gasteiger partial charge on any atom is -0.295 e. The molecule has 1 saturated heterocycles. The fourth-order valence-electron chi connectivity index (χ4n) is 1.32. The molecule has 106 valence electrons. The van der Waals surface area contributed by atoms with Crippen molar-refractivity contribution in [2.75, 3.05) is 13.6 Å². The Balaban J connectivity index is 2.42. The predicted octanol–water partition coefficient (Wildman–Crippen LogP) is -1.46. The molecule has 0 aromatic carbocycles. The highest BCUT2D eigenvalue weighted by atomic mass is 32.2. The van der Waals surface area contributed by atoms with E-state index in [4.69, 9.17) is 0 Å². The first-order valence-corrected chi connectivity index (χ1v) is 6.60. The quantitative estimate of drug-likeness (QED) is 0.188. The number of carbonyl (C=O) groups is 4. The average Bonchev–Trinajstić information content (AvgIpc) is 2.67. The lowest BCUT2D eigenvalue weighted by atomic mass is 10.4. The van der Waals surface area contributed by atoms with Crippen molar-refractivity contribution in [3.05, 3.63) is 0 Å². The Labute approximate surface area is 114 Å². The van der Waals surface area contributed by atoms with Crippen LogP contribution < -0.4 is 16.2 Å². The van der Waals surface area contributed by atoms with Crippen molar-refractivity contribution in [3.63, 3.8) is 0 Å². The van der Waals surface area contributed by atoms with Crippen LogP contribution in [0.25, 0.3) is 0 Å². The number of rotatable bonds is 5. The number of hydrogen-bond acceptors (Lipinski definition) is 6. The lowest BCUT2D eigenvalue weighted by molar-refractivity contribution is -0.142. The zero-order valence-corrected chi connectivity index (χ0v) is 11.5. The molecule has 1 aliphatic heterocycles. The summed E-state index contributed by atoms with van der Waals surface area (Å²) in [4.78, 5) is 45.4. The van der Waals surface area contributed by atoms with Crippen LogP contribution in [0.1, 0.15) is 19.8 Å². The van der Waals surface area contributed by atoms with Gasteiger partial charge in [-0.15, -0.1) is 0 Å². The third kappa shape index (κ3) is 4.52. The van der Waals surface area contributed by atoms with Crippen LogP contribution in [-0.2, 0) is 19.2 Å². The molecule has 3 N–H and O–H groups in total. The number of nitrogens with zero attached hydrogens (tertiary/aromatic N) is 1. The van der Waals surface area contributed by atoms with E-state index in [0.717, 1.165) is 22.7 Å². The van der Waals surface area contributed by atoms with Crippen LogP contribution in [-0.4, -0.2) is 46.8 Å². The maximum atomic E-state index is 11.6. The summed E-state index contributed by atoms with van der Waals surface area (Å²) in [7, 11) is 1.38. The summed E-state index contributed by atoms with van der Waals surface area (Å²) in [6.45, 7) is 2.47. The van der Waals surface area contributed by atoms with Gasteiger partial charge in [0.25, 0.3) is 0 Å². The van der Waals surface area contributed by atoms with Crippen molar-refractivity contribution < 1.29 is 19.2 Å². The molecule has 1 fully saturated rings. The van der Waals surface area contributed by atoms with Gasteiger partial charge in [-0.3, -0.25) is 34.2 Å². The van der Waals surface area contributed by atoms with Gasteiger partial charge in [-0.2, -0.15) is 0 Å². The first-order valence-electron chi connectivity index (χ1n) is 5.77. The summed E-state index contributed by atoms with van der Waals surface area (Å²) >= 11 is 0.857. The van der Waals surface area contributed by atoms with Gasteiger partial charge in [-0.1, -0.05) is 6.92 Å². The van der Waals surface area contributed by atoms with E-state index in [0.29, 0.717) is 6.54 Å². The molecule has 0 bridgehead atoms. The highest BCUT2D eigenvalue weighted by Crippen LogP contribution is 2.22. The highest BCUT2D eigenvalue weighted by Gasteiger charge is 2.34. The van der Waals surface area contributed by atoms with E-state index in [1.165, 1.54) is 7.05 Å². The lowest BCUT2D eigenvalue weighted by Crippen LogP contribution is -2.46. The normalized spacial score (nSPS) is 18.1. The summed E-state index contributed by atoms with van der Waals surface area (Å²) in [5.74, 6) is -2.43. The van der Waals surface area contributed by atoms with Gasteiger partial charge in [0.1, 0.15) is 5.25 Å². The number of carbonyl (C=O) groups excluding carboxylic acids is 4. The van der Waals surface area contributed by atoms with E-state index in [-0.39, 0.29) is 12.3 Å². The van der Waals surface area contributed by atoms with E-state index in [1.54, 1.807) is 0 Å². The van der Waals surface area contributed by atoms with Gasteiger partial charge in [0, 0.05) is 20.0 Å². The number of hydrazine groups is 1. The van der Waals surface area contributed by atoms with Crippen molar-refractivity contribution in [3.8, 4) is 0 Å². The Morgan fingerprint density at radius 2 is 2.16 bits per heavy atom. The van der Waals surface area contributed by atoms with Crippen LogP contribution in [0.4, 0.5) is 0 Å². The van der Waals surface area contributed by atoms with Crippen molar-refractivity contribution in [2.24, 2.45) is 0 Å². The lowest BCUT2D eigenvalue weighted by Gasteiger charge is -2.17. The van der Waals surface area contributed by atoms with Crippen LogP contribution in [0.5, 0.6) is 0 Å². The number of likely N-dealkylation sites (N-methyl/N-ethyl adjacent to an activating group) is 1. The second kappa shape index (κ2) is 7.10. The average molecular weight is 288 g/mol. The van der Waals surface area contributed by atoms with Gasteiger partial charge in [-0.05, 0) is 18.4 Å². The minimum atomic E-state index is -0.812. The summed E-state index contributed by atoms with van der Waals surface area (Å²) in [5.41, 5.74) is 4.84. The SMILES string of the molecule is CCCNNC(=O)C(=O)N(C)SC1CC(=O)NC1=O. The van der Waals surface area contributed by atoms with Crippen LogP contribution in [0.3, 0.4) is 0 Å². The van der Waals surface area contributed by atoms with Crippen molar-refractivity contribution in [1.29, 1.82) is 0 Å².